The lowest BCUT2D eigenvalue weighted by atomic mass is 10.1. The van der Waals surface area contributed by atoms with Gasteiger partial charge in [0.1, 0.15) is 5.69 Å². The summed E-state index contributed by atoms with van der Waals surface area (Å²) in [6, 6.07) is 16.9. The molecule has 1 N–H and O–H groups in total. The Bertz CT molecular complexity index is 1030. The van der Waals surface area contributed by atoms with E-state index in [-0.39, 0.29) is 16.8 Å². The molecule has 0 radical (unpaired) electrons. The third kappa shape index (κ3) is 5.60. The van der Waals surface area contributed by atoms with Crippen LogP contribution in [0, 0.1) is 0 Å². The Kier molecular flexibility index (Phi) is 6.77. The maximum atomic E-state index is 13.3. The highest BCUT2D eigenvalue weighted by molar-refractivity contribution is 8.00. The Labute approximate surface area is 177 Å². The lowest BCUT2D eigenvalue weighted by Crippen LogP contribution is -2.23. The van der Waals surface area contributed by atoms with Crippen LogP contribution in [-0.2, 0) is 17.4 Å². The number of amides is 1. The number of carbonyl (C=O) groups excluding carboxylic acids is 1. The van der Waals surface area contributed by atoms with Crippen LogP contribution in [0.3, 0.4) is 0 Å². The van der Waals surface area contributed by atoms with Crippen molar-refractivity contribution in [2.24, 2.45) is 0 Å². The number of carbonyl (C=O) groups is 1. The van der Waals surface area contributed by atoms with Gasteiger partial charge in [0.25, 0.3) is 0 Å². The molecule has 0 aliphatic heterocycles. The highest BCUT2D eigenvalue weighted by atomic mass is 32.2. The molecule has 156 valence electrons. The number of aryl methyl sites for hydroxylation is 1. The van der Waals surface area contributed by atoms with Gasteiger partial charge in [0.2, 0.25) is 5.91 Å². The zero-order valence-electron chi connectivity index (χ0n) is 16.4. The Morgan fingerprint density at radius 3 is 2.47 bits per heavy atom. The minimum atomic E-state index is -4.62. The molecule has 2 aromatic carbocycles. The highest BCUT2D eigenvalue weighted by Crippen LogP contribution is 2.33. The van der Waals surface area contributed by atoms with E-state index in [0.717, 1.165) is 29.8 Å². The predicted molar refractivity (Wildman–Crippen MR) is 112 cm³/mol. The van der Waals surface area contributed by atoms with E-state index >= 15 is 0 Å². The number of nitrogens with zero attached hydrogens (tertiary/aromatic N) is 2. The first-order valence-electron chi connectivity index (χ1n) is 9.34. The van der Waals surface area contributed by atoms with Crippen molar-refractivity contribution < 1.29 is 18.0 Å². The fourth-order valence-corrected chi connectivity index (χ4v) is 3.49. The first kappa shape index (κ1) is 21.8. The van der Waals surface area contributed by atoms with Crippen LogP contribution in [0.25, 0.3) is 11.3 Å². The summed E-state index contributed by atoms with van der Waals surface area (Å²) in [6.45, 7) is 3.62. The van der Waals surface area contributed by atoms with Gasteiger partial charge in [-0.3, -0.25) is 4.79 Å². The molecule has 1 atom stereocenters. The molecule has 1 unspecified atom stereocenters. The van der Waals surface area contributed by atoms with Crippen LogP contribution in [0.4, 0.5) is 18.9 Å². The van der Waals surface area contributed by atoms with Gasteiger partial charge in [0, 0.05) is 11.3 Å². The molecular weight excluding hydrogens is 411 g/mol. The second kappa shape index (κ2) is 9.30. The summed E-state index contributed by atoms with van der Waals surface area (Å²) in [7, 11) is 0. The highest BCUT2D eigenvalue weighted by Gasteiger charge is 2.34. The number of aromatic nitrogens is 2. The lowest BCUT2D eigenvalue weighted by Gasteiger charge is -2.14. The number of hydrogen-bond acceptors (Lipinski definition) is 4. The summed E-state index contributed by atoms with van der Waals surface area (Å²) in [5.74, 6) is -0.337. The number of thioether (sulfide) groups is 1. The van der Waals surface area contributed by atoms with Gasteiger partial charge in [-0.1, -0.05) is 61.2 Å². The fourth-order valence-electron chi connectivity index (χ4n) is 2.70. The molecule has 1 amide bonds. The summed E-state index contributed by atoms with van der Waals surface area (Å²) >= 11 is 0.886. The lowest BCUT2D eigenvalue weighted by molar-refractivity contribution is -0.141. The van der Waals surface area contributed by atoms with Crippen LogP contribution in [0.2, 0.25) is 0 Å². The van der Waals surface area contributed by atoms with Crippen molar-refractivity contribution in [2.45, 2.75) is 36.9 Å². The van der Waals surface area contributed by atoms with Crippen LogP contribution in [0.15, 0.2) is 65.8 Å². The van der Waals surface area contributed by atoms with Crippen molar-refractivity contribution in [3.63, 3.8) is 0 Å². The number of benzene rings is 2. The second-order valence-corrected chi connectivity index (χ2v) is 7.90. The van der Waals surface area contributed by atoms with E-state index in [0.29, 0.717) is 11.3 Å². The van der Waals surface area contributed by atoms with Crippen molar-refractivity contribution >= 4 is 23.4 Å². The third-order valence-electron chi connectivity index (χ3n) is 4.32. The monoisotopic (exact) mass is 431 g/mol. The molecule has 0 aliphatic rings. The molecule has 3 rings (SSSR count). The fraction of sp³-hybridized carbons (Fsp3) is 0.227. The van der Waals surface area contributed by atoms with E-state index < -0.39 is 17.1 Å². The molecule has 0 fully saturated rings. The number of alkyl halides is 3. The second-order valence-electron chi connectivity index (χ2n) is 6.59. The molecule has 0 aliphatic carbocycles. The molecule has 1 aromatic heterocycles. The van der Waals surface area contributed by atoms with Crippen molar-refractivity contribution in [2.75, 3.05) is 5.32 Å². The number of anilines is 1. The summed E-state index contributed by atoms with van der Waals surface area (Å²) < 4.78 is 40.0. The number of nitrogens with one attached hydrogen (secondary N) is 1. The van der Waals surface area contributed by atoms with Gasteiger partial charge in [-0.05, 0) is 37.1 Å². The average Bonchev–Trinajstić information content (AvgIpc) is 2.73. The minimum absolute atomic E-state index is 0.103. The zero-order valence-corrected chi connectivity index (χ0v) is 17.2. The molecule has 30 heavy (non-hydrogen) atoms. The smallest absolute Gasteiger partial charge is 0.325 e. The summed E-state index contributed by atoms with van der Waals surface area (Å²) in [4.78, 5) is 20.4. The molecule has 0 bridgehead atoms. The third-order valence-corrected chi connectivity index (χ3v) is 5.28. The summed E-state index contributed by atoms with van der Waals surface area (Å²) in [5, 5.41) is 1.99. The van der Waals surface area contributed by atoms with Gasteiger partial charge in [0.15, 0.2) is 5.16 Å². The van der Waals surface area contributed by atoms with Crippen molar-refractivity contribution in [1.29, 1.82) is 0 Å². The Morgan fingerprint density at radius 2 is 1.80 bits per heavy atom. The van der Waals surface area contributed by atoms with Crippen LogP contribution in [0.1, 0.15) is 25.1 Å². The van der Waals surface area contributed by atoms with Crippen LogP contribution < -0.4 is 5.32 Å². The van der Waals surface area contributed by atoms with Gasteiger partial charge in [-0.25, -0.2) is 9.97 Å². The topological polar surface area (TPSA) is 54.9 Å². The maximum Gasteiger partial charge on any atom is 0.433 e. The van der Waals surface area contributed by atoms with E-state index in [1.54, 1.807) is 43.3 Å². The molecule has 0 saturated heterocycles. The molecule has 0 spiro atoms. The Balaban J connectivity index is 1.83. The van der Waals surface area contributed by atoms with Gasteiger partial charge in [0.05, 0.1) is 10.9 Å². The first-order valence-corrected chi connectivity index (χ1v) is 10.2. The zero-order chi connectivity index (χ0) is 21.7. The predicted octanol–water partition coefficient (Wildman–Crippen LogP) is 5.84. The first-order chi connectivity index (χ1) is 14.3. The number of rotatable bonds is 6. The van der Waals surface area contributed by atoms with Gasteiger partial charge < -0.3 is 5.32 Å². The molecular formula is C22H20F3N3OS. The van der Waals surface area contributed by atoms with Crippen molar-refractivity contribution in [1.82, 2.24) is 9.97 Å². The van der Waals surface area contributed by atoms with Crippen LogP contribution in [-0.4, -0.2) is 21.1 Å². The molecule has 8 heteroatoms. The number of hydrogen-bond donors (Lipinski definition) is 1. The average molecular weight is 431 g/mol. The Hall–Kier alpha value is -2.87. The van der Waals surface area contributed by atoms with E-state index in [1.165, 1.54) is 0 Å². The number of halogens is 3. The minimum Gasteiger partial charge on any atom is -0.325 e. The van der Waals surface area contributed by atoms with Crippen molar-refractivity contribution in [3.8, 4) is 11.3 Å². The largest absolute Gasteiger partial charge is 0.433 e. The van der Waals surface area contributed by atoms with E-state index in [4.69, 9.17) is 0 Å². The van der Waals surface area contributed by atoms with Gasteiger partial charge >= 0.3 is 6.18 Å². The quantitative estimate of drug-likeness (QED) is 0.393. The van der Waals surface area contributed by atoms with Gasteiger partial charge in [-0.2, -0.15) is 13.2 Å². The van der Waals surface area contributed by atoms with E-state index in [9.17, 15) is 18.0 Å². The molecule has 0 saturated carbocycles. The standard InChI is InChI=1S/C22H20F3N3OS/c1-3-15-8-7-11-17(12-15)26-20(29)14(2)30-21-27-18(16-9-5-4-6-10-16)13-19(28-21)22(23,24)25/h4-14H,3H2,1-2H3,(H,26,29). The summed E-state index contributed by atoms with van der Waals surface area (Å²) in [6.07, 6.45) is -3.79. The van der Waals surface area contributed by atoms with E-state index in [1.807, 2.05) is 25.1 Å². The van der Waals surface area contributed by atoms with Crippen LogP contribution in [0.5, 0.6) is 0 Å². The maximum absolute atomic E-state index is 13.3. The normalized spacial score (nSPS) is 12.4. The van der Waals surface area contributed by atoms with E-state index in [2.05, 4.69) is 15.3 Å². The SMILES string of the molecule is CCc1cccc(NC(=O)C(C)Sc2nc(-c3ccccc3)cc(C(F)(F)F)n2)c1. The molecule has 1 heterocycles. The molecule has 4 nitrogen and oxygen atoms in total. The van der Waals surface area contributed by atoms with Crippen LogP contribution >= 0.6 is 11.8 Å². The molecule has 3 aromatic rings. The van der Waals surface area contributed by atoms with Gasteiger partial charge in [-0.15, -0.1) is 0 Å². The summed E-state index contributed by atoms with van der Waals surface area (Å²) in [5.41, 5.74) is 1.37. The van der Waals surface area contributed by atoms with Crippen molar-refractivity contribution in [3.05, 3.63) is 71.9 Å². The Morgan fingerprint density at radius 1 is 1.07 bits per heavy atom.